The van der Waals surface area contributed by atoms with Crippen LogP contribution in [0.5, 0.6) is 0 Å². The van der Waals surface area contributed by atoms with Crippen molar-refractivity contribution in [3.05, 3.63) is 276 Å². The Balaban J connectivity index is 0.965. The van der Waals surface area contributed by atoms with E-state index < -0.39 is 0 Å². The molecule has 0 saturated carbocycles. The zero-order valence-corrected chi connectivity index (χ0v) is 40.4. The zero-order valence-electron chi connectivity index (χ0n) is 40.4. The summed E-state index contributed by atoms with van der Waals surface area (Å²) in [5, 5.41) is 2.25. The molecule has 0 amide bonds. The fourth-order valence-corrected chi connectivity index (χ4v) is 12.1. The van der Waals surface area contributed by atoms with Crippen LogP contribution in [-0.2, 0) is 12.8 Å². The number of hydrogen-bond acceptors (Lipinski definition) is 3. The Bertz CT molecular complexity index is 3960. The van der Waals surface area contributed by atoms with Gasteiger partial charge in [0.05, 0.1) is 11.0 Å². The van der Waals surface area contributed by atoms with Crippen LogP contribution in [0.1, 0.15) is 58.1 Å². The molecule has 14 rings (SSSR count). The minimum Gasteiger partial charge on any atom is -0.309 e. The number of fused-ring (bicyclic) bond motifs is 9. The van der Waals surface area contributed by atoms with E-state index in [1.807, 2.05) is 36.4 Å². The smallest absolute Gasteiger partial charge is 0.164 e. The largest absolute Gasteiger partial charge is 0.309 e. The van der Waals surface area contributed by atoms with Gasteiger partial charge in [-0.3, -0.25) is 0 Å². The second kappa shape index (κ2) is 18.0. The molecule has 2 unspecified atom stereocenters. The van der Waals surface area contributed by atoms with Crippen molar-refractivity contribution in [2.75, 3.05) is 0 Å². The molecule has 2 heterocycles. The zero-order chi connectivity index (χ0) is 48.2. The number of benzene rings is 10. The molecule has 12 aromatic rings. The van der Waals surface area contributed by atoms with Crippen molar-refractivity contribution in [2.24, 2.45) is 0 Å². The van der Waals surface area contributed by atoms with Gasteiger partial charge in [0, 0.05) is 45.0 Å². The van der Waals surface area contributed by atoms with E-state index in [4.69, 9.17) is 15.0 Å². The van der Waals surface area contributed by atoms with E-state index in [2.05, 4.69) is 211 Å². The Morgan fingerprint density at radius 2 is 0.822 bits per heavy atom. The summed E-state index contributed by atoms with van der Waals surface area (Å²) in [4.78, 5) is 15.6. The normalized spacial score (nSPS) is 14.9. The van der Waals surface area contributed by atoms with Crippen LogP contribution in [0.4, 0.5) is 0 Å². The Hall–Kier alpha value is -8.99. The van der Waals surface area contributed by atoms with E-state index in [0.29, 0.717) is 23.4 Å². The van der Waals surface area contributed by atoms with Gasteiger partial charge < -0.3 is 4.57 Å². The number of para-hydroxylation sites is 1. The number of rotatable bonds is 7. The Labute approximate surface area is 426 Å². The summed E-state index contributed by atoms with van der Waals surface area (Å²) in [5.74, 6) is 2.54. The summed E-state index contributed by atoms with van der Waals surface area (Å²) in [5.41, 5.74) is 22.5. The molecule has 2 aliphatic rings. The molecule has 73 heavy (non-hydrogen) atoms. The maximum absolute atomic E-state index is 5.27. The van der Waals surface area contributed by atoms with Crippen LogP contribution in [0, 0.1) is 0 Å². The molecule has 346 valence electrons. The minimum atomic E-state index is 0.267. The molecule has 0 saturated heterocycles. The van der Waals surface area contributed by atoms with Gasteiger partial charge in [0.2, 0.25) is 0 Å². The van der Waals surface area contributed by atoms with E-state index in [1.165, 1.54) is 66.8 Å². The molecular formula is C69H50N4. The van der Waals surface area contributed by atoms with Gasteiger partial charge in [0.15, 0.2) is 17.5 Å². The fourth-order valence-electron chi connectivity index (χ4n) is 12.1. The van der Waals surface area contributed by atoms with Crippen molar-refractivity contribution in [2.45, 2.75) is 37.5 Å². The topological polar surface area (TPSA) is 43.6 Å². The van der Waals surface area contributed by atoms with Gasteiger partial charge in [-0.2, -0.15) is 0 Å². The molecular weight excluding hydrogens is 885 g/mol. The third-order valence-corrected chi connectivity index (χ3v) is 15.6. The van der Waals surface area contributed by atoms with E-state index in [-0.39, 0.29) is 5.92 Å². The van der Waals surface area contributed by atoms with Gasteiger partial charge in [-0.1, -0.05) is 206 Å². The molecule has 10 aromatic carbocycles. The summed E-state index contributed by atoms with van der Waals surface area (Å²) in [6.45, 7) is 0. The first-order valence-corrected chi connectivity index (χ1v) is 25.7. The summed E-state index contributed by atoms with van der Waals surface area (Å²) in [6.07, 6.45) is 4.12. The predicted octanol–water partition coefficient (Wildman–Crippen LogP) is 17.1. The number of nitrogens with zero attached hydrogens (tertiary/aromatic N) is 4. The highest BCUT2D eigenvalue weighted by molar-refractivity contribution is 6.16. The second-order valence-electron chi connectivity index (χ2n) is 19.7. The lowest BCUT2D eigenvalue weighted by Crippen LogP contribution is -2.02. The van der Waals surface area contributed by atoms with Crippen LogP contribution in [0.15, 0.2) is 243 Å². The van der Waals surface area contributed by atoms with E-state index in [0.717, 1.165) is 69.9 Å². The van der Waals surface area contributed by atoms with Crippen LogP contribution in [0.25, 0.3) is 95.0 Å². The number of aryl methyl sites for hydroxylation is 2. The van der Waals surface area contributed by atoms with Crippen molar-refractivity contribution in [1.82, 2.24) is 19.5 Å². The van der Waals surface area contributed by atoms with Crippen LogP contribution >= 0.6 is 0 Å². The number of hydrogen-bond donors (Lipinski definition) is 0. The maximum atomic E-state index is 5.27. The van der Waals surface area contributed by atoms with Crippen LogP contribution in [0.3, 0.4) is 0 Å². The lowest BCUT2D eigenvalue weighted by atomic mass is 9.84. The van der Waals surface area contributed by atoms with Crippen molar-refractivity contribution < 1.29 is 0 Å². The van der Waals surface area contributed by atoms with Crippen molar-refractivity contribution in [1.29, 1.82) is 0 Å². The monoisotopic (exact) mass is 934 g/mol. The molecule has 0 aliphatic heterocycles. The first-order valence-electron chi connectivity index (χ1n) is 25.7. The summed E-state index contributed by atoms with van der Waals surface area (Å²) >= 11 is 0. The van der Waals surface area contributed by atoms with Gasteiger partial charge in [-0.05, 0) is 129 Å². The van der Waals surface area contributed by atoms with Gasteiger partial charge >= 0.3 is 0 Å². The SMILES string of the molecule is c1ccc(-c2nc(-c3ccccc3)nc(-c3cccc4c3c3cc(-c5ccc6c(c5)-c5cc7c(cc5CCC6c5ccccc5)-c5ccccc5C(c5ccccc5)CC7)ccc3n4-c3ccccc3)n2)cc1. The number of aromatic nitrogens is 4. The van der Waals surface area contributed by atoms with Crippen LogP contribution < -0.4 is 0 Å². The Morgan fingerprint density at radius 3 is 1.45 bits per heavy atom. The standard InChI is InChI=1S/C69H50N4/c1-6-19-45(20-7-1)54-37-34-51-44-61-52(43-60(51)57-30-17-16-29-56(54)57)35-38-55(46-21-8-2-9-22-46)58-39-33-49(41-62(58)61)50-36-40-64-63(42-50)66-59(31-18-32-65(66)73(64)53-27-14-5-15-28-53)69-71-67(47-23-10-3-11-24-47)70-68(72-69)48-25-12-4-13-26-48/h1-33,36,39-44,54-55H,34-35,37-38H2. The molecule has 0 N–H and O–H groups in total. The van der Waals surface area contributed by atoms with Crippen LogP contribution in [0.2, 0.25) is 0 Å². The predicted molar refractivity (Wildman–Crippen MR) is 300 cm³/mol. The Morgan fingerprint density at radius 1 is 0.329 bits per heavy atom. The van der Waals surface area contributed by atoms with Crippen molar-refractivity contribution in [3.63, 3.8) is 0 Å². The average molecular weight is 935 g/mol. The summed E-state index contributed by atoms with van der Waals surface area (Å²) < 4.78 is 2.39. The highest BCUT2D eigenvalue weighted by Gasteiger charge is 2.29. The molecule has 2 aliphatic carbocycles. The van der Waals surface area contributed by atoms with Crippen LogP contribution in [-0.4, -0.2) is 19.5 Å². The first kappa shape index (κ1) is 42.9. The van der Waals surface area contributed by atoms with Gasteiger partial charge in [0.1, 0.15) is 0 Å². The Kier molecular flexibility index (Phi) is 10.6. The van der Waals surface area contributed by atoms with Gasteiger partial charge in [-0.25, -0.2) is 15.0 Å². The van der Waals surface area contributed by atoms with E-state index in [1.54, 1.807) is 0 Å². The van der Waals surface area contributed by atoms with Gasteiger partial charge in [0.25, 0.3) is 0 Å². The molecule has 4 heteroatoms. The second-order valence-corrected chi connectivity index (χ2v) is 19.7. The highest BCUT2D eigenvalue weighted by atomic mass is 15.0. The molecule has 0 radical (unpaired) electrons. The molecule has 2 atom stereocenters. The molecule has 4 nitrogen and oxygen atoms in total. The van der Waals surface area contributed by atoms with Crippen molar-refractivity contribution >= 4 is 21.8 Å². The van der Waals surface area contributed by atoms with E-state index in [9.17, 15) is 0 Å². The average Bonchev–Trinajstić information content (AvgIpc) is 3.60. The summed E-state index contributed by atoms with van der Waals surface area (Å²) in [7, 11) is 0. The lowest BCUT2D eigenvalue weighted by molar-refractivity contribution is 0.723. The van der Waals surface area contributed by atoms with Gasteiger partial charge in [-0.15, -0.1) is 0 Å². The lowest BCUT2D eigenvalue weighted by Gasteiger charge is -2.20. The molecule has 2 aromatic heterocycles. The summed E-state index contributed by atoms with van der Waals surface area (Å²) in [6, 6.07) is 88.7. The third kappa shape index (κ3) is 7.57. The molecule has 0 fully saturated rings. The third-order valence-electron chi connectivity index (χ3n) is 15.6. The van der Waals surface area contributed by atoms with Crippen molar-refractivity contribution in [3.8, 4) is 73.2 Å². The highest BCUT2D eigenvalue weighted by Crippen LogP contribution is 2.49. The maximum Gasteiger partial charge on any atom is 0.164 e. The minimum absolute atomic E-state index is 0.267. The molecule has 0 spiro atoms. The quantitative estimate of drug-likeness (QED) is 0.160. The molecule has 0 bridgehead atoms. The first-order chi connectivity index (χ1) is 36.2. The van der Waals surface area contributed by atoms with E-state index >= 15 is 0 Å². The fraction of sp³-hybridized carbons (Fsp3) is 0.0870.